The van der Waals surface area contributed by atoms with Crippen LogP contribution in [0.4, 0.5) is 0 Å². The molecule has 0 bridgehead atoms. The summed E-state index contributed by atoms with van der Waals surface area (Å²) in [5.74, 6) is 1.31. The fourth-order valence-corrected chi connectivity index (χ4v) is 0.971. The van der Waals surface area contributed by atoms with Gasteiger partial charge in [0.25, 0.3) is 0 Å². The number of thiocarbonyl (C=S) groups is 1. The summed E-state index contributed by atoms with van der Waals surface area (Å²) in [4.78, 5) is 1.21. The summed E-state index contributed by atoms with van der Waals surface area (Å²) in [7, 11) is 0. The van der Waals surface area contributed by atoms with Crippen LogP contribution >= 0.6 is 12.2 Å². The van der Waals surface area contributed by atoms with Crippen molar-refractivity contribution in [1.82, 2.24) is 0 Å². The van der Waals surface area contributed by atoms with Crippen LogP contribution in [0.1, 0.15) is 68.2 Å². The highest BCUT2D eigenvalue weighted by atomic mass is 32.1. The molecule has 0 nitrogen and oxygen atoms in total. The Bertz CT molecular complexity index is 104. The topological polar surface area (TPSA) is 0 Å². The van der Waals surface area contributed by atoms with Crippen LogP contribution in [0.3, 0.4) is 0 Å². The molecule has 0 N–H and O–H groups in total. The minimum absolute atomic E-state index is 0.586. The molecule has 0 aliphatic carbocycles. The Morgan fingerprint density at radius 2 is 1.29 bits per heavy atom. The molecule has 0 fully saturated rings. The van der Waals surface area contributed by atoms with Gasteiger partial charge in [-0.15, -0.1) is 0 Å². The summed E-state index contributed by atoms with van der Waals surface area (Å²) in [6.45, 7) is 17.0. The van der Waals surface area contributed by atoms with E-state index in [0.717, 1.165) is 12.3 Å². The Labute approximate surface area is 97.5 Å². The van der Waals surface area contributed by atoms with Crippen LogP contribution in [0.5, 0.6) is 0 Å². The summed E-state index contributed by atoms with van der Waals surface area (Å²) < 4.78 is 0. The molecule has 0 unspecified atom stereocenters. The molecule has 1 heteroatoms. The molecule has 0 aromatic heterocycles. The quantitative estimate of drug-likeness (QED) is 0.564. The van der Waals surface area contributed by atoms with Gasteiger partial charge in [-0.2, -0.15) is 0 Å². The van der Waals surface area contributed by atoms with Gasteiger partial charge in [0, 0.05) is 0 Å². The third-order valence-electron chi connectivity index (χ3n) is 1.25. The Kier molecular flexibility index (Phi) is 21.8. The van der Waals surface area contributed by atoms with Crippen molar-refractivity contribution in [3.63, 3.8) is 0 Å². The van der Waals surface area contributed by atoms with Crippen LogP contribution in [-0.2, 0) is 0 Å². The number of hydrogen-bond acceptors (Lipinski definition) is 1. The SMILES string of the molecule is CC.CC(C)CC(=S)C(C)C.CCC. The summed E-state index contributed by atoms with van der Waals surface area (Å²) >= 11 is 5.15. The molecule has 14 heavy (non-hydrogen) atoms. The van der Waals surface area contributed by atoms with Gasteiger partial charge < -0.3 is 0 Å². The molecule has 0 amide bonds. The predicted molar refractivity (Wildman–Crippen MR) is 74.2 cm³/mol. The lowest BCUT2D eigenvalue weighted by molar-refractivity contribution is 0.668. The van der Waals surface area contributed by atoms with Gasteiger partial charge in [-0.1, -0.05) is 74.0 Å². The molecule has 0 rings (SSSR count). The minimum atomic E-state index is 0.586. The zero-order valence-electron chi connectivity index (χ0n) is 11.5. The molecule has 0 aliphatic heterocycles. The van der Waals surface area contributed by atoms with E-state index in [2.05, 4.69) is 41.5 Å². The largest absolute Gasteiger partial charge is 0.0894 e. The third kappa shape index (κ3) is 22.7. The average molecular weight is 218 g/mol. The number of rotatable bonds is 3. The minimum Gasteiger partial charge on any atom is -0.0894 e. The number of hydrogen-bond donors (Lipinski definition) is 0. The van der Waals surface area contributed by atoms with E-state index >= 15 is 0 Å². The normalized spacial score (nSPS) is 8.71. The van der Waals surface area contributed by atoms with Gasteiger partial charge in [0.05, 0.1) is 0 Å². The van der Waals surface area contributed by atoms with Gasteiger partial charge in [0.1, 0.15) is 0 Å². The highest BCUT2D eigenvalue weighted by Crippen LogP contribution is 2.08. The maximum atomic E-state index is 5.15. The van der Waals surface area contributed by atoms with Crippen molar-refractivity contribution in [3.05, 3.63) is 0 Å². The van der Waals surface area contributed by atoms with E-state index < -0.39 is 0 Å². The third-order valence-corrected chi connectivity index (χ3v) is 1.89. The average Bonchev–Trinajstić information content (AvgIpc) is 2.08. The van der Waals surface area contributed by atoms with Crippen LogP contribution < -0.4 is 0 Å². The lowest BCUT2D eigenvalue weighted by Gasteiger charge is -2.08. The van der Waals surface area contributed by atoms with Crippen molar-refractivity contribution >= 4 is 17.1 Å². The summed E-state index contributed by atoms with van der Waals surface area (Å²) in [5, 5.41) is 0. The molecular formula is C13H30S. The molecule has 0 saturated carbocycles. The highest BCUT2D eigenvalue weighted by Gasteiger charge is 2.03. The zero-order chi connectivity index (χ0) is 12.1. The molecule has 0 aromatic rings. The van der Waals surface area contributed by atoms with Gasteiger partial charge >= 0.3 is 0 Å². The van der Waals surface area contributed by atoms with E-state index in [9.17, 15) is 0 Å². The summed E-state index contributed by atoms with van der Waals surface area (Å²) in [6.07, 6.45) is 2.35. The predicted octanol–water partition coefficient (Wildman–Crippen LogP) is 5.50. The first-order chi connectivity index (χ1) is 6.45. The molecule has 0 aliphatic rings. The first-order valence-electron chi connectivity index (χ1n) is 5.98. The van der Waals surface area contributed by atoms with E-state index in [1.165, 1.54) is 11.3 Å². The fourth-order valence-electron chi connectivity index (χ4n) is 0.638. The lowest BCUT2D eigenvalue weighted by Crippen LogP contribution is -2.06. The first kappa shape index (κ1) is 19.6. The molecule has 0 radical (unpaired) electrons. The second-order valence-electron chi connectivity index (χ2n) is 3.93. The van der Waals surface area contributed by atoms with Crippen LogP contribution in [-0.4, -0.2) is 4.86 Å². The van der Waals surface area contributed by atoms with Crippen molar-refractivity contribution in [2.75, 3.05) is 0 Å². The Balaban J connectivity index is -0.000000205. The van der Waals surface area contributed by atoms with E-state index in [0.29, 0.717) is 5.92 Å². The molecular weight excluding hydrogens is 188 g/mol. The van der Waals surface area contributed by atoms with Crippen molar-refractivity contribution in [2.24, 2.45) is 11.8 Å². The van der Waals surface area contributed by atoms with Gasteiger partial charge in [-0.05, 0) is 23.1 Å². The van der Waals surface area contributed by atoms with Crippen LogP contribution in [0, 0.1) is 11.8 Å². The van der Waals surface area contributed by atoms with Gasteiger partial charge in [0.15, 0.2) is 0 Å². The van der Waals surface area contributed by atoms with Crippen molar-refractivity contribution in [1.29, 1.82) is 0 Å². The Morgan fingerprint density at radius 1 is 1.00 bits per heavy atom. The molecule has 0 saturated heterocycles. The van der Waals surface area contributed by atoms with Crippen LogP contribution in [0.15, 0.2) is 0 Å². The smallest absolute Gasteiger partial charge is 0.00435 e. The monoisotopic (exact) mass is 218 g/mol. The second-order valence-corrected chi connectivity index (χ2v) is 4.45. The Hall–Kier alpha value is 0.0900. The van der Waals surface area contributed by atoms with E-state index in [1.54, 1.807) is 0 Å². The standard InChI is InChI=1S/C8H16S.C3H8.C2H6/c1-6(2)5-8(9)7(3)4;1-3-2;1-2/h6-7H,5H2,1-4H3;3H2,1-2H3;1-2H3. The molecule has 0 aromatic carbocycles. The van der Waals surface area contributed by atoms with Gasteiger partial charge in [-0.3, -0.25) is 0 Å². The fraction of sp³-hybridized carbons (Fsp3) is 0.923. The van der Waals surface area contributed by atoms with Crippen molar-refractivity contribution in [2.45, 2.75) is 68.2 Å². The summed E-state index contributed by atoms with van der Waals surface area (Å²) in [6, 6.07) is 0. The first-order valence-corrected chi connectivity index (χ1v) is 6.39. The molecule has 0 heterocycles. The van der Waals surface area contributed by atoms with Crippen LogP contribution in [0.25, 0.3) is 0 Å². The zero-order valence-corrected chi connectivity index (χ0v) is 12.3. The summed E-state index contributed by atoms with van der Waals surface area (Å²) in [5.41, 5.74) is 0. The van der Waals surface area contributed by atoms with E-state index in [-0.39, 0.29) is 0 Å². The maximum Gasteiger partial charge on any atom is -0.00435 e. The van der Waals surface area contributed by atoms with Crippen molar-refractivity contribution in [3.8, 4) is 0 Å². The highest BCUT2D eigenvalue weighted by molar-refractivity contribution is 7.80. The lowest BCUT2D eigenvalue weighted by atomic mass is 10.0. The van der Waals surface area contributed by atoms with Gasteiger partial charge in [-0.25, -0.2) is 0 Å². The Morgan fingerprint density at radius 3 is 1.36 bits per heavy atom. The second kappa shape index (κ2) is 15.6. The maximum absolute atomic E-state index is 5.15. The molecule has 0 spiro atoms. The van der Waals surface area contributed by atoms with Crippen LogP contribution in [0.2, 0.25) is 0 Å². The van der Waals surface area contributed by atoms with E-state index in [1.807, 2.05) is 13.8 Å². The molecule has 0 atom stereocenters. The van der Waals surface area contributed by atoms with Gasteiger partial charge in [0.2, 0.25) is 0 Å². The van der Waals surface area contributed by atoms with Crippen molar-refractivity contribution < 1.29 is 0 Å². The molecule has 88 valence electrons. The van der Waals surface area contributed by atoms with E-state index in [4.69, 9.17) is 12.2 Å².